The number of anilines is 2. The van der Waals surface area contributed by atoms with Crippen LogP contribution in [0.25, 0.3) is 0 Å². The smallest absolute Gasteiger partial charge is 0.144 e. The first-order chi connectivity index (χ1) is 7.27. The Labute approximate surface area is 91.0 Å². The molecule has 1 aliphatic rings. The first kappa shape index (κ1) is 10.1. The molecule has 1 heterocycles. The second kappa shape index (κ2) is 4.01. The maximum absolute atomic E-state index is 5.34. The molecule has 1 atom stereocenters. The van der Waals surface area contributed by atoms with Gasteiger partial charge in [-0.25, -0.2) is 0 Å². The summed E-state index contributed by atoms with van der Waals surface area (Å²) in [6.07, 6.45) is 1.15. The number of para-hydroxylation sites is 1. The highest BCUT2D eigenvalue weighted by Gasteiger charge is 2.23. The van der Waals surface area contributed by atoms with Crippen LogP contribution in [0.15, 0.2) is 18.2 Å². The Morgan fingerprint density at radius 1 is 1.53 bits per heavy atom. The maximum atomic E-state index is 5.34. The lowest BCUT2D eigenvalue weighted by Crippen LogP contribution is -2.41. The van der Waals surface area contributed by atoms with E-state index < -0.39 is 0 Å². The van der Waals surface area contributed by atoms with E-state index in [-0.39, 0.29) is 0 Å². The van der Waals surface area contributed by atoms with E-state index in [1.807, 2.05) is 12.1 Å². The molecular formula is C12H18N2O. The van der Waals surface area contributed by atoms with Crippen molar-refractivity contribution >= 4 is 11.4 Å². The fraction of sp³-hybridized carbons (Fsp3) is 0.500. The number of hydrogen-bond acceptors (Lipinski definition) is 3. The van der Waals surface area contributed by atoms with Crippen LogP contribution in [0.1, 0.15) is 13.3 Å². The summed E-state index contributed by atoms with van der Waals surface area (Å²) in [7, 11) is 3.86. The molecule has 0 saturated heterocycles. The molecule has 3 heteroatoms. The molecule has 0 amide bonds. The normalized spacial score (nSPS) is 19.4. The van der Waals surface area contributed by atoms with E-state index >= 15 is 0 Å². The van der Waals surface area contributed by atoms with Gasteiger partial charge in [0.15, 0.2) is 0 Å². The molecule has 0 aromatic heterocycles. The summed E-state index contributed by atoms with van der Waals surface area (Å²) < 4.78 is 5.34. The van der Waals surface area contributed by atoms with Gasteiger partial charge in [0.1, 0.15) is 11.4 Å². The lowest BCUT2D eigenvalue weighted by Gasteiger charge is -2.36. The van der Waals surface area contributed by atoms with E-state index in [1.54, 1.807) is 7.11 Å². The zero-order chi connectivity index (χ0) is 10.8. The molecule has 1 aromatic carbocycles. The van der Waals surface area contributed by atoms with Crippen LogP contribution in [0, 0.1) is 0 Å². The van der Waals surface area contributed by atoms with E-state index in [9.17, 15) is 0 Å². The van der Waals surface area contributed by atoms with Crippen molar-refractivity contribution < 1.29 is 4.74 Å². The summed E-state index contributed by atoms with van der Waals surface area (Å²) in [5.74, 6) is 0.925. The quantitative estimate of drug-likeness (QED) is 0.803. The number of methoxy groups -OCH3 is 1. The fourth-order valence-electron chi connectivity index (χ4n) is 2.13. The van der Waals surface area contributed by atoms with Crippen LogP contribution in [-0.4, -0.2) is 26.7 Å². The molecule has 0 radical (unpaired) electrons. The van der Waals surface area contributed by atoms with Gasteiger partial charge in [0.25, 0.3) is 0 Å². The average Bonchev–Trinajstić information content (AvgIpc) is 2.29. The minimum Gasteiger partial charge on any atom is -0.495 e. The molecule has 1 N–H and O–H groups in total. The minimum atomic E-state index is 0.574. The number of hydrogen-bond donors (Lipinski definition) is 1. The third kappa shape index (κ3) is 1.62. The summed E-state index contributed by atoms with van der Waals surface area (Å²) in [4.78, 5) is 2.33. The molecule has 1 aliphatic heterocycles. The average molecular weight is 206 g/mol. The molecule has 0 aliphatic carbocycles. The predicted molar refractivity (Wildman–Crippen MR) is 64.0 cm³/mol. The molecule has 2 rings (SSSR count). The summed E-state index contributed by atoms with van der Waals surface area (Å²) in [5, 5.41) is 3.45. The highest BCUT2D eigenvalue weighted by molar-refractivity contribution is 5.78. The van der Waals surface area contributed by atoms with Crippen molar-refractivity contribution in [2.75, 3.05) is 30.9 Å². The third-order valence-corrected chi connectivity index (χ3v) is 3.14. The van der Waals surface area contributed by atoms with Crippen LogP contribution in [0.5, 0.6) is 5.75 Å². The number of likely N-dealkylation sites (N-methyl/N-ethyl adjacent to an activating group) is 1. The standard InChI is InChI=1S/C12H18N2O/c1-4-9-8-13-12-10(14(9)2)6-5-7-11(12)15-3/h5-7,9,13H,4,8H2,1-3H3. The minimum absolute atomic E-state index is 0.574. The van der Waals surface area contributed by atoms with Crippen LogP contribution in [0.2, 0.25) is 0 Å². The van der Waals surface area contributed by atoms with Crippen molar-refractivity contribution in [3.05, 3.63) is 18.2 Å². The van der Waals surface area contributed by atoms with Crippen molar-refractivity contribution in [1.29, 1.82) is 0 Å². The molecule has 0 fully saturated rings. The number of rotatable bonds is 2. The number of nitrogens with zero attached hydrogens (tertiary/aromatic N) is 1. The van der Waals surface area contributed by atoms with Crippen molar-refractivity contribution in [3.63, 3.8) is 0 Å². The second-order valence-electron chi connectivity index (χ2n) is 3.91. The molecule has 1 unspecified atom stereocenters. The lowest BCUT2D eigenvalue weighted by molar-refractivity contribution is 0.415. The number of fused-ring (bicyclic) bond motifs is 1. The summed E-state index contributed by atoms with van der Waals surface area (Å²) in [6, 6.07) is 6.73. The Bertz CT molecular complexity index is 351. The third-order valence-electron chi connectivity index (χ3n) is 3.14. The monoisotopic (exact) mass is 206 g/mol. The topological polar surface area (TPSA) is 24.5 Å². The molecule has 15 heavy (non-hydrogen) atoms. The molecular weight excluding hydrogens is 188 g/mol. The Hall–Kier alpha value is -1.38. The first-order valence-electron chi connectivity index (χ1n) is 5.41. The van der Waals surface area contributed by atoms with Gasteiger partial charge < -0.3 is 15.0 Å². The first-order valence-corrected chi connectivity index (χ1v) is 5.41. The van der Waals surface area contributed by atoms with E-state index in [0.29, 0.717) is 6.04 Å². The van der Waals surface area contributed by atoms with Gasteiger partial charge in [0, 0.05) is 19.6 Å². The van der Waals surface area contributed by atoms with Crippen molar-refractivity contribution in [2.24, 2.45) is 0 Å². The van der Waals surface area contributed by atoms with E-state index in [4.69, 9.17) is 4.74 Å². The van der Waals surface area contributed by atoms with Gasteiger partial charge in [-0.3, -0.25) is 0 Å². The van der Waals surface area contributed by atoms with Gasteiger partial charge in [-0.2, -0.15) is 0 Å². The second-order valence-corrected chi connectivity index (χ2v) is 3.91. The van der Waals surface area contributed by atoms with Crippen molar-refractivity contribution in [1.82, 2.24) is 0 Å². The molecule has 1 aromatic rings. The summed E-state index contributed by atoms with van der Waals surface area (Å²) in [6.45, 7) is 3.20. The van der Waals surface area contributed by atoms with Crippen LogP contribution in [-0.2, 0) is 0 Å². The Morgan fingerprint density at radius 2 is 2.33 bits per heavy atom. The molecule has 0 spiro atoms. The molecule has 3 nitrogen and oxygen atoms in total. The summed E-state index contributed by atoms with van der Waals surface area (Å²) in [5.41, 5.74) is 2.35. The van der Waals surface area contributed by atoms with E-state index in [1.165, 1.54) is 5.69 Å². The van der Waals surface area contributed by atoms with Crippen LogP contribution in [0.4, 0.5) is 11.4 Å². The number of ether oxygens (including phenoxy) is 1. The van der Waals surface area contributed by atoms with Crippen molar-refractivity contribution in [3.8, 4) is 5.75 Å². The Kier molecular flexibility index (Phi) is 2.71. The van der Waals surface area contributed by atoms with Gasteiger partial charge in [0.05, 0.1) is 12.8 Å². The zero-order valence-corrected chi connectivity index (χ0v) is 9.58. The van der Waals surface area contributed by atoms with E-state index in [2.05, 4.69) is 30.3 Å². The lowest BCUT2D eigenvalue weighted by atomic mass is 10.1. The molecule has 82 valence electrons. The van der Waals surface area contributed by atoms with Crippen molar-refractivity contribution in [2.45, 2.75) is 19.4 Å². The largest absolute Gasteiger partial charge is 0.495 e. The van der Waals surface area contributed by atoms with Gasteiger partial charge >= 0.3 is 0 Å². The van der Waals surface area contributed by atoms with Crippen LogP contribution >= 0.6 is 0 Å². The molecule has 0 saturated carbocycles. The van der Waals surface area contributed by atoms with Gasteiger partial charge in [-0.05, 0) is 18.6 Å². The summed E-state index contributed by atoms with van der Waals surface area (Å²) >= 11 is 0. The number of benzene rings is 1. The van der Waals surface area contributed by atoms with Gasteiger partial charge in [-0.1, -0.05) is 13.0 Å². The molecule has 0 bridgehead atoms. The predicted octanol–water partition coefficient (Wildman–Crippen LogP) is 2.34. The maximum Gasteiger partial charge on any atom is 0.144 e. The Balaban J connectivity index is 2.40. The number of nitrogens with one attached hydrogen (secondary N) is 1. The zero-order valence-electron chi connectivity index (χ0n) is 9.58. The highest BCUT2D eigenvalue weighted by Crippen LogP contribution is 2.38. The van der Waals surface area contributed by atoms with Gasteiger partial charge in [0.2, 0.25) is 0 Å². The van der Waals surface area contributed by atoms with Crippen LogP contribution in [0.3, 0.4) is 0 Å². The van der Waals surface area contributed by atoms with Gasteiger partial charge in [-0.15, -0.1) is 0 Å². The van der Waals surface area contributed by atoms with Crippen LogP contribution < -0.4 is 15.0 Å². The Morgan fingerprint density at radius 3 is 3.00 bits per heavy atom. The highest BCUT2D eigenvalue weighted by atomic mass is 16.5. The SMILES string of the molecule is CCC1CNc2c(OC)cccc2N1C. The fourth-order valence-corrected chi connectivity index (χ4v) is 2.13. The van der Waals surface area contributed by atoms with E-state index in [0.717, 1.165) is 24.4 Å².